The van der Waals surface area contributed by atoms with Crippen LogP contribution in [0.2, 0.25) is 10.0 Å². The van der Waals surface area contributed by atoms with Gasteiger partial charge in [0.05, 0.1) is 22.8 Å². The van der Waals surface area contributed by atoms with E-state index >= 15 is 0 Å². The molecule has 0 aromatic heterocycles. The number of rotatable bonds is 0. The van der Waals surface area contributed by atoms with E-state index in [0.717, 1.165) is 25.1 Å². The first-order chi connectivity index (χ1) is 7.77. The zero-order valence-electron chi connectivity index (χ0n) is 8.80. The molecule has 2 atom stereocenters. The van der Waals surface area contributed by atoms with Gasteiger partial charge in [0.1, 0.15) is 0 Å². The largest absolute Gasteiger partial charge is 0.373 e. The highest BCUT2D eigenvalue weighted by Gasteiger charge is 2.33. The minimum absolute atomic E-state index is 0.339. The Balaban J connectivity index is 2.05. The monoisotopic (exact) mass is 257 g/mol. The summed E-state index contributed by atoms with van der Waals surface area (Å²) in [4.78, 5) is 0. The van der Waals surface area contributed by atoms with Crippen LogP contribution in [-0.4, -0.2) is 19.2 Å². The SMILES string of the molecule is Clc1ccc2c(c1Cl)COC1CCNC[C@H]21. The van der Waals surface area contributed by atoms with Crippen molar-refractivity contribution < 1.29 is 4.74 Å². The summed E-state index contributed by atoms with van der Waals surface area (Å²) in [5.74, 6) is 0.423. The molecule has 2 aliphatic heterocycles. The number of hydrogen-bond acceptors (Lipinski definition) is 2. The van der Waals surface area contributed by atoms with Crippen LogP contribution in [0.1, 0.15) is 23.5 Å². The van der Waals surface area contributed by atoms with Crippen LogP contribution in [-0.2, 0) is 11.3 Å². The highest BCUT2D eigenvalue weighted by atomic mass is 35.5. The van der Waals surface area contributed by atoms with Crippen molar-refractivity contribution in [2.45, 2.75) is 25.0 Å². The molecular weight excluding hydrogens is 245 g/mol. The molecule has 1 aromatic rings. The molecule has 0 bridgehead atoms. The van der Waals surface area contributed by atoms with Crippen molar-refractivity contribution in [3.8, 4) is 0 Å². The van der Waals surface area contributed by atoms with E-state index in [2.05, 4.69) is 11.4 Å². The van der Waals surface area contributed by atoms with Crippen LogP contribution in [0.5, 0.6) is 0 Å². The summed E-state index contributed by atoms with van der Waals surface area (Å²) in [6.07, 6.45) is 1.41. The first-order valence-corrected chi connectivity index (χ1v) is 6.32. The van der Waals surface area contributed by atoms with Gasteiger partial charge < -0.3 is 10.1 Å². The van der Waals surface area contributed by atoms with Crippen molar-refractivity contribution in [3.05, 3.63) is 33.3 Å². The number of hydrogen-bond donors (Lipinski definition) is 1. The Labute approximate surface area is 105 Å². The van der Waals surface area contributed by atoms with Gasteiger partial charge in [0, 0.05) is 18.0 Å². The Morgan fingerprint density at radius 3 is 3.06 bits per heavy atom. The van der Waals surface area contributed by atoms with Gasteiger partial charge in [0.25, 0.3) is 0 Å². The van der Waals surface area contributed by atoms with Gasteiger partial charge in [-0.25, -0.2) is 0 Å². The van der Waals surface area contributed by atoms with E-state index in [1.54, 1.807) is 0 Å². The van der Waals surface area contributed by atoms with Gasteiger partial charge in [0.2, 0.25) is 0 Å². The maximum absolute atomic E-state index is 6.21. The van der Waals surface area contributed by atoms with Crippen LogP contribution in [0.4, 0.5) is 0 Å². The van der Waals surface area contributed by atoms with Crippen LogP contribution in [0.15, 0.2) is 12.1 Å². The number of nitrogens with one attached hydrogen (secondary N) is 1. The summed E-state index contributed by atoms with van der Waals surface area (Å²) in [6.45, 7) is 2.60. The van der Waals surface area contributed by atoms with Crippen LogP contribution >= 0.6 is 23.2 Å². The summed E-state index contributed by atoms with van der Waals surface area (Å²) in [7, 11) is 0. The smallest absolute Gasteiger partial charge is 0.0738 e. The number of benzene rings is 1. The molecule has 2 nitrogen and oxygen atoms in total. The molecular formula is C12H13Cl2NO. The second-order valence-corrected chi connectivity index (χ2v) is 5.16. The zero-order valence-corrected chi connectivity index (χ0v) is 10.3. The lowest BCUT2D eigenvalue weighted by Gasteiger charge is -2.37. The maximum atomic E-state index is 6.21. The molecule has 16 heavy (non-hydrogen) atoms. The number of fused-ring (bicyclic) bond motifs is 3. The Kier molecular flexibility index (Phi) is 2.84. The Morgan fingerprint density at radius 2 is 2.19 bits per heavy atom. The predicted octanol–water partition coefficient (Wildman–Crippen LogP) is 2.97. The molecule has 3 rings (SSSR count). The average molecular weight is 258 g/mol. The van der Waals surface area contributed by atoms with Crippen LogP contribution in [0, 0.1) is 0 Å². The van der Waals surface area contributed by atoms with Gasteiger partial charge in [-0.3, -0.25) is 0 Å². The quantitative estimate of drug-likeness (QED) is 0.772. The first kappa shape index (κ1) is 10.8. The molecule has 86 valence electrons. The Bertz CT molecular complexity index is 422. The molecule has 1 N–H and O–H groups in total. The molecule has 4 heteroatoms. The normalized spacial score (nSPS) is 28.4. The average Bonchev–Trinajstić information content (AvgIpc) is 2.33. The second-order valence-electron chi connectivity index (χ2n) is 4.38. The van der Waals surface area contributed by atoms with Gasteiger partial charge in [0.15, 0.2) is 0 Å². The lowest BCUT2D eigenvalue weighted by atomic mass is 9.84. The molecule has 2 aliphatic rings. The minimum Gasteiger partial charge on any atom is -0.373 e. The maximum Gasteiger partial charge on any atom is 0.0738 e. The fraction of sp³-hybridized carbons (Fsp3) is 0.500. The van der Waals surface area contributed by atoms with Gasteiger partial charge in [-0.1, -0.05) is 29.3 Å². The first-order valence-electron chi connectivity index (χ1n) is 5.56. The fourth-order valence-electron chi connectivity index (χ4n) is 2.64. The third-order valence-corrected chi connectivity index (χ3v) is 4.34. The van der Waals surface area contributed by atoms with Crippen LogP contribution in [0.3, 0.4) is 0 Å². The van der Waals surface area contributed by atoms with E-state index < -0.39 is 0 Å². The van der Waals surface area contributed by atoms with Gasteiger partial charge in [-0.15, -0.1) is 0 Å². The summed E-state index contributed by atoms with van der Waals surface area (Å²) in [5, 5.41) is 4.68. The second kappa shape index (κ2) is 4.19. The molecule has 1 fully saturated rings. The van der Waals surface area contributed by atoms with Crippen molar-refractivity contribution in [2.24, 2.45) is 0 Å². The molecule has 0 aliphatic carbocycles. The van der Waals surface area contributed by atoms with Gasteiger partial charge in [-0.2, -0.15) is 0 Å². The molecule has 0 radical (unpaired) electrons. The zero-order chi connectivity index (χ0) is 11.1. The van der Waals surface area contributed by atoms with Crippen molar-refractivity contribution in [1.82, 2.24) is 5.32 Å². The summed E-state index contributed by atoms with van der Waals surface area (Å²) in [5.41, 5.74) is 2.37. The third kappa shape index (κ3) is 1.65. The molecule has 1 aromatic carbocycles. The third-order valence-electron chi connectivity index (χ3n) is 3.49. The summed E-state index contributed by atoms with van der Waals surface area (Å²) < 4.78 is 5.86. The fourth-order valence-corrected chi connectivity index (χ4v) is 3.04. The highest BCUT2D eigenvalue weighted by Crippen LogP contribution is 2.39. The molecule has 0 amide bonds. The van der Waals surface area contributed by atoms with Crippen molar-refractivity contribution >= 4 is 23.2 Å². The topological polar surface area (TPSA) is 21.3 Å². The van der Waals surface area contributed by atoms with E-state index in [4.69, 9.17) is 27.9 Å². The van der Waals surface area contributed by atoms with E-state index in [9.17, 15) is 0 Å². The molecule has 0 saturated carbocycles. The number of ether oxygens (including phenoxy) is 1. The van der Waals surface area contributed by atoms with Crippen LogP contribution in [0.25, 0.3) is 0 Å². The van der Waals surface area contributed by atoms with E-state index in [1.165, 1.54) is 5.56 Å². The standard InChI is InChI=1S/C12H13Cl2NO/c13-10-2-1-7-8-5-15-4-3-11(8)16-6-9(7)12(10)14/h1-2,8,11,15H,3-6H2/t8-,11?/m1/s1. The lowest BCUT2D eigenvalue weighted by molar-refractivity contribution is -0.00674. The molecule has 2 heterocycles. The van der Waals surface area contributed by atoms with E-state index in [1.807, 2.05) is 6.07 Å². The lowest BCUT2D eigenvalue weighted by Crippen LogP contribution is -2.42. The van der Waals surface area contributed by atoms with Crippen molar-refractivity contribution in [1.29, 1.82) is 0 Å². The Hall–Kier alpha value is -0.280. The highest BCUT2D eigenvalue weighted by molar-refractivity contribution is 6.42. The van der Waals surface area contributed by atoms with Gasteiger partial charge >= 0.3 is 0 Å². The molecule has 1 saturated heterocycles. The van der Waals surface area contributed by atoms with Crippen LogP contribution < -0.4 is 5.32 Å². The predicted molar refractivity (Wildman–Crippen MR) is 65.3 cm³/mol. The van der Waals surface area contributed by atoms with E-state index in [0.29, 0.717) is 28.7 Å². The number of piperidine rings is 1. The van der Waals surface area contributed by atoms with Gasteiger partial charge in [-0.05, 0) is 24.6 Å². The van der Waals surface area contributed by atoms with Crippen molar-refractivity contribution in [2.75, 3.05) is 13.1 Å². The summed E-state index contributed by atoms with van der Waals surface area (Å²) >= 11 is 12.2. The minimum atomic E-state index is 0.339. The van der Waals surface area contributed by atoms with Crippen molar-refractivity contribution in [3.63, 3.8) is 0 Å². The van der Waals surface area contributed by atoms with E-state index in [-0.39, 0.29) is 0 Å². The molecule has 1 unspecified atom stereocenters. The number of halogens is 2. The molecule has 0 spiro atoms. The Morgan fingerprint density at radius 1 is 1.31 bits per heavy atom. The summed E-state index contributed by atoms with van der Waals surface area (Å²) in [6, 6.07) is 3.98.